The summed E-state index contributed by atoms with van der Waals surface area (Å²) in [5.74, 6) is 3.68. The van der Waals surface area contributed by atoms with E-state index >= 15 is 0 Å². The summed E-state index contributed by atoms with van der Waals surface area (Å²) in [4.78, 5) is 1.24. The van der Waals surface area contributed by atoms with Gasteiger partial charge in [0.25, 0.3) is 0 Å². The van der Waals surface area contributed by atoms with Crippen LogP contribution in [-0.2, 0) is 6.61 Å². The molecule has 14 heavy (non-hydrogen) atoms. The highest BCUT2D eigenvalue weighted by molar-refractivity contribution is 7.99. The average Bonchev–Trinajstić information content (AvgIpc) is 2.25. The van der Waals surface area contributed by atoms with Crippen molar-refractivity contribution in [1.82, 2.24) is 0 Å². The van der Waals surface area contributed by atoms with E-state index in [0.717, 1.165) is 24.2 Å². The predicted molar refractivity (Wildman–Crippen MR) is 61.2 cm³/mol. The second-order valence-corrected chi connectivity index (χ2v) is 4.13. The Kier molecular flexibility index (Phi) is 5.21. The predicted octanol–water partition coefficient (Wildman–Crippen LogP) is 2.68. The van der Waals surface area contributed by atoms with Crippen LogP contribution < -0.4 is 0 Å². The Morgan fingerprint density at radius 3 is 2.57 bits per heavy atom. The van der Waals surface area contributed by atoms with Gasteiger partial charge in [0.05, 0.1) is 6.61 Å². The quantitative estimate of drug-likeness (QED) is 0.454. The first kappa shape index (κ1) is 11.2. The lowest BCUT2D eigenvalue weighted by atomic mass is 10.2. The van der Waals surface area contributed by atoms with Gasteiger partial charge in [-0.25, -0.2) is 0 Å². The lowest BCUT2D eigenvalue weighted by Gasteiger charge is -2.01. The number of aliphatic hydroxyl groups is 1. The van der Waals surface area contributed by atoms with Crippen LogP contribution in [-0.4, -0.2) is 10.9 Å². The van der Waals surface area contributed by atoms with Gasteiger partial charge in [0.2, 0.25) is 0 Å². The van der Waals surface area contributed by atoms with Gasteiger partial charge in [-0.3, -0.25) is 0 Å². The number of hydrogen-bond acceptors (Lipinski definition) is 2. The molecule has 0 saturated carbocycles. The molecule has 0 aromatic heterocycles. The van der Waals surface area contributed by atoms with E-state index in [9.17, 15) is 0 Å². The molecule has 1 rings (SSSR count). The van der Waals surface area contributed by atoms with Gasteiger partial charge >= 0.3 is 0 Å². The van der Waals surface area contributed by atoms with E-state index in [2.05, 4.69) is 5.92 Å². The zero-order valence-corrected chi connectivity index (χ0v) is 8.89. The minimum Gasteiger partial charge on any atom is -0.392 e. The maximum absolute atomic E-state index is 8.85. The topological polar surface area (TPSA) is 20.2 Å². The maximum atomic E-state index is 8.85. The molecule has 1 nitrogen and oxygen atoms in total. The van der Waals surface area contributed by atoms with Crippen LogP contribution in [0.2, 0.25) is 0 Å². The second-order valence-electron chi connectivity index (χ2n) is 2.96. The molecule has 0 aliphatic carbocycles. The van der Waals surface area contributed by atoms with E-state index in [1.165, 1.54) is 4.90 Å². The smallest absolute Gasteiger partial charge is 0.0681 e. The van der Waals surface area contributed by atoms with E-state index < -0.39 is 0 Å². The first-order chi connectivity index (χ1) is 6.86. The molecule has 74 valence electrons. The highest BCUT2D eigenvalue weighted by Gasteiger charge is 1.94. The van der Waals surface area contributed by atoms with Gasteiger partial charge in [-0.05, 0) is 29.9 Å². The Hall–Kier alpha value is -0.910. The zero-order valence-electron chi connectivity index (χ0n) is 8.07. The van der Waals surface area contributed by atoms with Crippen LogP contribution in [0.15, 0.2) is 29.2 Å². The van der Waals surface area contributed by atoms with Crippen molar-refractivity contribution in [2.45, 2.75) is 24.3 Å². The maximum Gasteiger partial charge on any atom is 0.0681 e. The highest BCUT2D eigenvalue weighted by Crippen LogP contribution is 2.19. The van der Waals surface area contributed by atoms with E-state index in [4.69, 9.17) is 11.5 Å². The Morgan fingerprint density at radius 1 is 1.29 bits per heavy atom. The molecular formula is C12H14OS. The van der Waals surface area contributed by atoms with E-state index in [1.54, 1.807) is 11.8 Å². The van der Waals surface area contributed by atoms with E-state index in [-0.39, 0.29) is 6.61 Å². The molecule has 0 atom stereocenters. The third-order valence-electron chi connectivity index (χ3n) is 1.84. The molecule has 1 N–H and O–H groups in total. The molecule has 0 amide bonds. The van der Waals surface area contributed by atoms with Crippen molar-refractivity contribution in [2.24, 2.45) is 0 Å². The molecule has 0 bridgehead atoms. The summed E-state index contributed by atoms with van der Waals surface area (Å²) in [6.07, 6.45) is 7.07. The third-order valence-corrected chi connectivity index (χ3v) is 2.94. The fourth-order valence-electron chi connectivity index (χ4n) is 1.06. The van der Waals surface area contributed by atoms with Crippen LogP contribution in [0.4, 0.5) is 0 Å². The van der Waals surface area contributed by atoms with Crippen LogP contribution >= 0.6 is 11.8 Å². The number of thioether (sulfide) groups is 1. The standard InChI is InChI=1S/C12H14OS/c1-2-3-4-9-14-12-7-5-11(10-13)6-8-12/h1,5-8,13H,3-4,9-10H2. The van der Waals surface area contributed by atoms with Crippen molar-refractivity contribution < 1.29 is 5.11 Å². The molecule has 0 radical (unpaired) electrons. The van der Waals surface area contributed by atoms with Gasteiger partial charge in [0.1, 0.15) is 0 Å². The van der Waals surface area contributed by atoms with Gasteiger partial charge < -0.3 is 5.11 Å². The van der Waals surface area contributed by atoms with Gasteiger partial charge in [-0.2, -0.15) is 0 Å². The fraction of sp³-hybridized carbons (Fsp3) is 0.333. The van der Waals surface area contributed by atoms with Gasteiger partial charge in [0, 0.05) is 11.3 Å². The summed E-state index contributed by atoms with van der Waals surface area (Å²) >= 11 is 1.80. The van der Waals surface area contributed by atoms with Crippen LogP contribution in [0.1, 0.15) is 18.4 Å². The number of aliphatic hydroxyl groups excluding tert-OH is 1. The van der Waals surface area contributed by atoms with Crippen LogP contribution in [0, 0.1) is 12.3 Å². The number of rotatable bonds is 5. The Morgan fingerprint density at radius 2 is 2.00 bits per heavy atom. The second kappa shape index (κ2) is 6.53. The Balaban J connectivity index is 2.33. The summed E-state index contributed by atoms with van der Waals surface area (Å²) in [5, 5.41) is 8.85. The molecule has 0 heterocycles. The lowest BCUT2D eigenvalue weighted by molar-refractivity contribution is 0.282. The average molecular weight is 206 g/mol. The van der Waals surface area contributed by atoms with Crippen molar-refractivity contribution in [3.8, 4) is 12.3 Å². The molecule has 0 aliphatic heterocycles. The molecular weight excluding hydrogens is 192 g/mol. The highest BCUT2D eigenvalue weighted by atomic mass is 32.2. The van der Waals surface area contributed by atoms with Crippen molar-refractivity contribution >= 4 is 11.8 Å². The Bertz CT molecular complexity index is 297. The molecule has 1 aromatic carbocycles. The fourth-order valence-corrected chi connectivity index (χ4v) is 1.91. The number of hydrogen-bond donors (Lipinski definition) is 1. The lowest BCUT2D eigenvalue weighted by Crippen LogP contribution is -1.83. The monoisotopic (exact) mass is 206 g/mol. The zero-order chi connectivity index (χ0) is 10.2. The number of terminal acetylenes is 1. The molecule has 0 unspecified atom stereocenters. The van der Waals surface area contributed by atoms with E-state index in [1.807, 2.05) is 24.3 Å². The largest absolute Gasteiger partial charge is 0.392 e. The van der Waals surface area contributed by atoms with Crippen LogP contribution in [0.25, 0.3) is 0 Å². The van der Waals surface area contributed by atoms with Crippen molar-refractivity contribution in [3.05, 3.63) is 29.8 Å². The van der Waals surface area contributed by atoms with Gasteiger partial charge in [0.15, 0.2) is 0 Å². The van der Waals surface area contributed by atoms with E-state index in [0.29, 0.717) is 0 Å². The summed E-state index contributed by atoms with van der Waals surface area (Å²) in [6, 6.07) is 7.96. The summed E-state index contributed by atoms with van der Waals surface area (Å²) in [7, 11) is 0. The number of unbranched alkanes of at least 4 members (excludes halogenated alkanes) is 1. The van der Waals surface area contributed by atoms with Crippen LogP contribution in [0.5, 0.6) is 0 Å². The van der Waals surface area contributed by atoms with Crippen LogP contribution in [0.3, 0.4) is 0 Å². The minimum absolute atomic E-state index is 0.113. The van der Waals surface area contributed by atoms with Crippen molar-refractivity contribution in [1.29, 1.82) is 0 Å². The molecule has 2 heteroatoms. The summed E-state index contributed by atoms with van der Waals surface area (Å²) in [5.41, 5.74) is 0.956. The van der Waals surface area contributed by atoms with Gasteiger partial charge in [-0.15, -0.1) is 24.1 Å². The molecule has 0 spiro atoms. The third kappa shape index (κ3) is 3.87. The molecule has 1 aromatic rings. The molecule has 0 aliphatic rings. The molecule has 0 fully saturated rings. The summed E-state index contributed by atoms with van der Waals surface area (Å²) < 4.78 is 0. The normalized spacial score (nSPS) is 9.71. The first-order valence-electron chi connectivity index (χ1n) is 4.63. The SMILES string of the molecule is C#CCCCSc1ccc(CO)cc1. The molecule has 0 saturated heterocycles. The summed E-state index contributed by atoms with van der Waals surface area (Å²) in [6.45, 7) is 0.113. The first-order valence-corrected chi connectivity index (χ1v) is 5.61. The Labute approximate surface area is 89.5 Å². The van der Waals surface area contributed by atoms with Crippen molar-refractivity contribution in [2.75, 3.05) is 5.75 Å². The van der Waals surface area contributed by atoms with Crippen molar-refractivity contribution in [3.63, 3.8) is 0 Å². The number of benzene rings is 1. The minimum atomic E-state index is 0.113. The van der Waals surface area contributed by atoms with Gasteiger partial charge in [-0.1, -0.05) is 12.1 Å².